The van der Waals surface area contributed by atoms with Crippen LogP contribution in [0.4, 0.5) is 0 Å². The number of aliphatic hydroxyl groups is 1. The van der Waals surface area contributed by atoms with Gasteiger partial charge in [0.2, 0.25) is 0 Å². The van der Waals surface area contributed by atoms with Gasteiger partial charge in [-0.1, -0.05) is 16.0 Å². The maximum Gasteiger partial charge on any atom is 0.147 e. The first-order valence-corrected chi connectivity index (χ1v) is 9.62. The Hall–Kier alpha value is -1.87. The Kier molecular flexibility index (Phi) is 7.05. The van der Waals surface area contributed by atoms with Crippen LogP contribution < -0.4 is 4.74 Å². The summed E-state index contributed by atoms with van der Waals surface area (Å²) in [6, 6.07) is 4.69. The third-order valence-corrected chi connectivity index (χ3v) is 5.23. The van der Waals surface area contributed by atoms with Crippen molar-refractivity contribution in [3.05, 3.63) is 47.0 Å². The molecule has 0 fully saturated rings. The van der Waals surface area contributed by atoms with Crippen molar-refractivity contribution < 1.29 is 19.5 Å². The highest BCUT2D eigenvalue weighted by atomic mass is 35.5. The lowest BCUT2D eigenvalue weighted by Crippen LogP contribution is -2.27. The Morgan fingerprint density at radius 3 is 2.56 bits per heavy atom. The SMILES string of the molecule is COc1ccc(C(CC(O)c2cnc(Cl)cn2)=N[S+]([O-])C(C)(C)C)c(O)c1. The molecule has 0 aliphatic carbocycles. The van der Waals surface area contributed by atoms with Gasteiger partial charge in [0.05, 0.1) is 25.2 Å². The molecule has 0 bridgehead atoms. The predicted octanol–water partition coefficient (Wildman–Crippen LogP) is 3.22. The van der Waals surface area contributed by atoms with Gasteiger partial charge < -0.3 is 19.5 Å². The van der Waals surface area contributed by atoms with E-state index in [-0.39, 0.29) is 23.0 Å². The summed E-state index contributed by atoms with van der Waals surface area (Å²) in [5.74, 6) is 0.380. The molecule has 0 amide bonds. The molecule has 0 aliphatic heterocycles. The molecule has 0 spiro atoms. The van der Waals surface area contributed by atoms with E-state index in [1.54, 1.807) is 32.9 Å². The van der Waals surface area contributed by atoms with E-state index >= 15 is 0 Å². The minimum Gasteiger partial charge on any atom is -0.591 e. The van der Waals surface area contributed by atoms with Gasteiger partial charge in [0.25, 0.3) is 0 Å². The largest absolute Gasteiger partial charge is 0.591 e. The number of aromatic nitrogens is 2. The standard InChI is InChI=1S/C18H22ClN3O4S/c1-18(2,3)27(25)22-13(12-6-5-11(26-4)7-15(12)23)8-16(24)14-9-21-17(19)10-20-14/h5-7,9-10,16,23-24H,8H2,1-4H3. The van der Waals surface area contributed by atoms with E-state index in [0.717, 1.165) is 0 Å². The van der Waals surface area contributed by atoms with Crippen LogP contribution in [0, 0.1) is 0 Å². The number of methoxy groups -OCH3 is 1. The van der Waals surface area contributed by atoms with E-state index in [4.69, 9.17) is 16.3 Å². The highest BCUT2D eigenvalue weighted by molar-refractivity contribution is 7.91. The summed E-state index contributed by atoms with van der Waals surface area (Å²) in [5, 5.41) is 21.1. The van der Waals surface area contributed by atoms with Crippen LogP contribution in [0.3, 0.4) is 0 Å². The first-order valence-electron chi connectivity index (χ1n) is 8.14. The summed E-state index contributed by atoms with van der Waals surface area (Å²) in [6.07, 6.45) is 1.61. The number of halogens is 1. The minimum atomic E-state index is -1.58. The molecule has 2 N–H and O–H groups in total. The Morgan fingerprint density at radius 1 is 1.33 bits per heavy atom. The van der Waals surface area contributed by atoms with Gasteiger partial charge in [-0.2, -0.15) is 0 Å². The molecule has 2 aromatic rings. The van der Waals surface area contributed by atoms with Crippen LogP contribution >= 0.6 is 11.6 Å². The van der Waals surface area contributed by atoms with Crippen LogP contribution in [0.25, 0.3) is 0 Å². The van der Waals surface area contributed by atoms with Gasteiger partial charge in [0.15, 0.2) is 0 Å². The van der Waals surface area contributed by atoms with Crippen LogP contribution in [-0.2, 0) is 11.4 Å². The van der Waals surface area contributed by atoms with Crippen LogP contribution in [0.1, 0.15) is 44.6 Å². The van der Waals surface area contributed by atoms with E-state index in [9.17, 15) is 14.8 Å². The van der Waals surface area contributed by atoms with Crippen LogP contribution in [0.2, 0.25) is 5.15 Å². The highest BCUT2D eigenvalue weighted by Crippen LogP contribution is 2.29. The third kappa shape index (κ3) is 5.80. The molecule has 1 aromatic heterocycles. The predicted molar refractivity (Wildman–Crippen MR) is 106 cm³/mol. The molecule has 146 valence electrons. The molecular formula is C18H22ClN3O4S. The quantitative estimate of drug-likeness (QED) is 0.557. The van der Waals surface area contributed by atoms with Gasteiger partial charge in [-0.3, -0.25) is 4.98 Å². The molecule has 7 nitrogen and oxygen atoms in total. The fourth-order valence-electron chi connectivity index (χ4n) is 2.10. The smallest absolute Gasteiger partial charge is 0.147 e. The summed E-state index contributed by atoms with van der Waals surface area (Å²) in [5.41, 5.74) is 0.934. The van der Waals surface area contributed by atoms with Gasteiger partial charge in [-0.25, -0.2) is 4.98 Å². The minimum absolute atomic E-state index is 0.0159. The monoisotopic (exact) mass is 411 g/mol. The van der Waals surface area contributed by atoms with E-state index in [2.05, 4.69) is 14.4 Å². The Morgan fingerprint density at radius 2 is 2.04 bits per heavy atom. The van der Waals surface area contributed by atoms with Crippen molar-refractivity contribution >= 4 is 28.7 Å². The number of nitrogens with zero attached hydrogens (tertiary/aromatic N) is 3. The van der Waals surface area contributed by atoms with Crippen molar-refractivity contribution in [1.29, 1.82) is 0 Å². The summed E-state index contributed by atoms with van der Waals surface area (Å²) in [4.78, 5) is 7.94. The van der Waals surface area contributed by atoms with Crippen LogP contribution in [0.5, 0.6) is 11.5 Å². The number of ether oxygens (including phenoxy) is 1. The Bertz CT molecular complexity index is 809. The topological polar surface area (TPSA) is 111 Å². The zero-order valence-electron chi connectivity index (χ0n) is 15.5. The first-order chi connectivity index (χ1) is 12.6. The average molecular weight is 412 g/mol. The number of hydrogen-bond donors (Lipinski definition) is 2. The van der Waals surface area contributed by atoms with Crippen LogP contribution in [-0.4, -0.2) is 42.3 Å². The third-order valence-electron chi connectivity index (χ3n) is 3.60. The molecule has 27 heavy (non-hydrogen) atoms. The second-order valence-corrected chi connectivity index (χ2v) is 9.06. The maximum atomic E-state index is 12.5. The van der Waals surface area contributed by atoms with Crippen LogP contribution in [0.15, 0.2) is 35.0 Å². The first kappa shape index (κ1) is 21.4. The average Bonchev–Trinajstić information content (AvgIpc) is 2.60. The van der Waals surface area contributed by atoms with Gasteiger partial charge >= 0.3 is 0 Å². The summed E-state index contributed by atoms with van der Waals surface area (Å²) in [6.45, 7) is 5.37. The number of aliphatic hydroxyl groups excluding tert-OH is 1. The zero-order chi connectivity index (χ0) is 20.2. The molecule has 0 saturated carbocycles. The lowest BCUT2D eigenvalue weighted by molar-refractivity contribution is 0.181. The molecule has 0 aliphatic rings. The summed E-state index contributed by atoms with van der Waals surface area (Å²) >= 11 is 4.14. The number of benzene rings is 1. The molecule has 2 unspecified atom stereocenters. The fraction of sp³-hybridized carbons (Fsp3) is 0.389. The summed E-state index contributed by atoms with van der Waals surface area (Å²) < 4.78 is 21.3. The second kappa shape index (κ2) is 8.88. The van der Waals surface area contributed by atoms with Crippen molar-refractivity contribution in [2.24, 2.45) is 4.40 Å². The van der Waals surface area contributed by atoms with Gasteiger partial charge in [0.1, 0.15) is 44.6 Å². The number of phenolic OH excluding ortho intramolecular Hbond substituents is 1. The van der Waals surface area contributed by atoms with E-state index in [1.807, 2.05) is 0 Å². The molecular weight excluding hydrogens is 390 g/mol. The Labute approximate surface area is 166 Å². The normalized spacial score (nSPS) is 14.7. The van der Waals surface area contributed by atoms with Crippen molar-refractivity contribution in [1.82, 2.24) is 9.97 Å². The number of rotatable bonds is 6. The molecule has 0 radical (unpaired) electrons. The molecule has 1 heterocycles. The molecule has 1 aromatic carbocycles. The van der Waals surface area contributed by atoms with Gasteiger partial charge in [-0.05, 0) is 32.9 Å². The van der Waals surface area contributed by atoms with E-state index in [1.165, 1.54) is 25.6 Å². The van der Waals surface area contributed by atoms with Crippen molar-refractivity contribution in [3.8, 4) is 11.5 Å². The highest BCUT2D eigenvalue weighted by Gasteiger charge is 2.29. The Balaban J connectivity index is 2.41. The number of aromatic hydroxyl groups is 1. The second-order valence-electron chi connectivity index (χ2n) is 6.77. The van der Waals surface area contributed by atoms with Gasteiger partial charge in [-0.15, -0.1) is 0 Å². The van der Waals surface area contributed by atoms with Crippen molar-refractivity contribution in [2.45, 2.75) is 38.0 Å². The maximum absolute atomic E-state index is 12.5. The van der Waals surface area contributed by atoms with Crippen molar-refractivity contribution in [3.63, 3.8) is 0 Å². The lowest BCUT2D eigenvalue weighted by atomic mass is 10.0. The molecule has 2 rings (SSSR count). The number of hydrogen-bond acceptors (Lipinski definition) is 7. The fourth-order valence-corrected chi connectivity index (χ4v) is 2.84. The lowest BCUT2D eigenvalue weighted by Gasteiger charge is -2.20. The van der Waals surface area contributed by atoms with E-state index < -0.39 is 22.2 Å². The zero-order valence-corrected chi connectivity index (χ0v) is 17.1. The van der Waals surface area contributed by atoms with Gasteiger partial charge in [0, 0.05) is 18.1 Å². The van der Waals surface area contributed by atoms with E-state index in [0.29, 0.717) is 17.0 Å². The molecule has 2 atom stereocenters. The number of phenols is 1. The molecule has 0 saturated heterocycles. The molecule has 9 heteroatoms. The van der Waals surface area contributed by atoms with Crippen molar-refractivity contribution in [2.75, 3.05) is 7.11 Å². The summed E-state index contributed by atoms with van der Waals surface area (Å²) in [7, 11) is 1.49.